The van der Waals surface area contributed by atoms with Crippen LogP contribution in [0.2, 0.25) is 0 Å². The largest absolute Gasteiger partial charge is 0.469 e. The van der Waals surface area contributed by atoms with Crippen molar-refractivity contribution in [2.45, 2.75) is 13.3 Å². The van der Waals surface area contributed by atoms with E-state index in [9.17, 15) is 4.79 Å². The number of ether oxygens (including phenoxy) is 1. The summed E-state index contributed by atoms with van der Waals surface area (Å²) in [5.74, 6) is 2.17. The third-order valence-corrected chi connectivity index (χ3v) is 4.13. The predicted octanol–water partition coefficient (Wildman–Crippen LogP) is 1.06. The first-order valence-electron chi connectivity index (χ1n) is 6.66. The molecule has 1 saturated heterocycles. The first-order valence-corrected chi connectivity index (χ1v) is 8.05. The fraction of sp³-hybridized carbons (Fsp3) is 0.846. The van der Waals surface area contributed by atoms with Gasteiger partial charge < -0.3 is 15.0 Å². The predicted molar refractivity (Wildman–Crippen MR) is 80.6 cm³/mol. The van der Waals surface area contributed by atoms with Crippen LogP contribution in [0.5, 0.6) is 0 Å². The van der Waals surface area contributed by atoms with Crippen LogP contribution in [-0.2, 0) is 9.53 Å². The van der Waals surface area contributed by atoms with E-state index >= 15 is 0 Å². The lowest BCUT2D eigenvalue weighted by Gasteiger charge is -2.21. The molecule has 1 heterocycles. The van der Waals surface area contributed by atoms with Crippen molar-refractivity contribution < 1.29 is 9.53 Å². The molecular formula is C13H25N3O2S. The Balaban J connectivity index is 2.48. The van der Waals surface area contributed by atoms with E-state index in [1.165, 1.54) is 7.11 Å². The highest BCUT2D eigenvalue weighted by Crippen LogP contribution is 2.23. The minimum Gasteiger partial charge on any atom is -0.469 e. The van der Waals surface area contributed by atoms with Gasteiger partial charge in [0.1, 0.15) is 0 Å². The summed E-state index contributed by atoms with van der Waals surface area (Å²) in [4.78, 5) is 18.1. The second kappa shape index (κ2) is 8.30. The van der Waals surface area contributed by atoms with Crippen LogP contribution in [0.25, 0.3) is 0 Å². The minimum absolute atomic E-state index is 0.0465. The van der Waals surface area contributed by atoms with E-state index in [-0.39, 0.29) is 11.9 Å². The molecule has 2 atom stereocenters. The number of nitrogens with one attached hydrogen (secondary N) is 1. The van der Waals surface area contributed by atoms with E-state index in [0.29, 0.717) is 12.5 Å². The van der Waals surface area contributed by atoms with Crippen LogP contribution in [0.1, 0.15) is 13.3 Å². The highest BCUT2D eigenvalue weighted by atomic mass is 32.2. The number of hydrogen-bond acceptors (Lipinski definition) is 4. The summed E-state index contributed by atoms with van der Waals surface area (Å²) in [7, 11) is 3.24. The first kappa shape index (κ1) is 16.1. The van der Waals surface area contributed by atoms with E-state index in [2.05, 4.69) is 28.4 Å². The molecule has 1 aliphatic heterocycles. The number of aliphatic imine (C=N–C) groups is 1. The van der Waals surface area contributed by atoms with E-state index < -0.39 is 0 Å². The lowest BCUT2D eigenvalue weighted by atomic mass is 9.99. The van der Waals surface area contributed by atoms with Gasteiger partial charge in [0.2, 0.25) is 0 Å². The van der Waals surface area contributed by atoms with Crippen molar-refractivity contribution in [2.75, 3.05) is 45.8 Å². The molecule has 0 radical (unpaired) electrons. The Hall–Kier alpha value is -0.910. The molecule has 1 aliphatic rings. The van der Waals surface area contributed by atoms with Gasteiger partial charge in [-0.05, 0) is 24.3 Å². The Bertz CT molecular complexity index is 323. The second-order valence-corrected chi connectivity index (χ2v) is 5.82. The minimum atomic E-state index is -0.118. The number of likely N-dealkylation sites (tertiary alicyclic amines) is 1. The average Bonchev–Trinajstić information content (AvgIpc) is 2.80. The fourth-order valence-corrected chi connectivity index (χ4v) is 2.78. The van der Waals surface area contributed by atoms with Crippen molar-refractivity contribution in [3.05, 3.63) is 0 Å². The summed E-state index contributed by atoms with van der Waals surface area (Å²) in [5.41, 5.74) is 0. The maximum atomic E-state index is 11.7. The molecule has 0 aromatic heterocycles. The molecule has 1 rings (SSSR count). The summed E-state index contributed by atoms with van der Waals surface area (Å²) < 4.78 is 4.85. The van der Waals surface area contributed by atoms with Crippen molar-refractivity contribution in [1.29, 1.82) is 0 Å². The lowest BCUT2D eigenvalue weighted by Crippen LogP contribution is -2.41. The van der Waals surface area contributed by atoms with E-state index in [1.807, 2.05) is 11.8 Å². The van der Waals surface area contributed by atoms with Crippen molar-refractivity contribution >= 4 is 23.7 Å². The number of thioether (sulfide) groups is 1. The number of methoxy groups -OCH3 is 1. The van der Waals surface area contributed by atoms with Gasteiger partial charge in [0.05, 0.1) is 13.0 Å². The smallest absolute Gasteiger partial charge is 0.310 e. The zero-order valence-corrected chi connectivity index (χ0v) is 13.1. The van der Waals surface area contributed by atoms with E-state index in [4.69, 9.17) is 4.74 Å². The van der Waals surface area contributed by atoms with Gasteiger partial charge >= 0.3 is 5.97 Å². The summed E-state index contributed by atoms with van der Waals surface area (Å²) in [6.07, 6.45) is 3.22. The molecule has 110 valence electrons. The van der Waals surface area contributed by atoms with Crippen LogP contribution >= 0.6 is 11.8 Å². The molecule has 0 saturated carbocycles. The molecule has 1 fully saturated rings. The molecule has 0 spiro atoms. The van der Waals surface area contributed by atoms with Crippen molar-refractivity contribution in [3.63, 3.8) is 0 Å². The van der Waals surface area contributed by atoms with E-state index in [0.717, 1.165) is 31.2 Å². The summed E-state index contributed by atoms with van der Waals surface area (Å²) in [6.45, 7) is 4.54. The summed E-state index contributed by atoms with van der Waals surface area (Å²) in [6, 6.07) is 0. The number of nitrogens with zero attached hydrogens (tertiary/aromatic N) is 2. The monoisotopic (exact) mass is 287 g/mol. The Kier molecular flexibility index (Phi) is 7.05. The van der Waals surface area contributed by atoms with Gasteiger partial charge in [0.25, 0.3) is 0 Å². The maximum Gasteiger partial charge on any atom is 0.310 e. The number of esters is 1. The summed E-state index contributed by atoms with van der Waals surface area (Å²) >= 11 is 1.85. The number of carbonyl (C=O) groups is 1. The van der Waals surface area contributed by atoms with Gasteiger partial charge in [-0.3, -0.25) is 9.79 Å². The van der Waals surface area contributed by atoms with Crippen LogP contribution in [0, 0.1) is 11.8 Å². The molecular weight excluding hydrogens is 262 g/mol. The number of hydrogen-bond donors (Lipinski definition) is 1. The normalized spacial score (nSPS) is 23.6. The van der Waals surface area contributed by atoms with Gasteiger partial charge in [-0.25, -0.2) is 0 Å². The van der Waals surface area contributed by atoms with E-state index in [1.54, 1.807) is 7.05 Å². The molecule has 19 heavy (non-hydrogen) atoms. The van der Waals surface area contributed by atoms with Gasteiger partial charge in [0.15, 0.2) is 5.96 Å². The highest BCUT2D eigenvalue weighted by molar-refractivity contribution is 7.98. The Morgan fingerprint density at radius 3 is 2.84 bits per heavy atom. The van der Waals surface area contributed by atoms with Crippen molar-refractivity contribution in [2.24, 2.45) is 16.8 Å². The fourth-order valence-electron chi connectivity index (χ4n) is 2.35. The SMILES string of the molecule is CN=C(NCCCSC)N1CC(C)C(C(=O)OC)C1. The standard InChI is InChI=1S/C13H25N3O2S/c1-10-8-16(9-11(10)12(17)18-3)13(14-2)15-6-5-7-19-4/h10-11H,5-9H2,1-4H3,(H,14,15). The van der Waals surface area contributed by atoms with Crippen LogP contribution < -0.4 is 5.32 Å². The number of rotatable bonds is 5. The van der Waals surface area contributed by atoms with Crippen LogP contribution in [0.3, 0.4) is 0 Å². The molecule has 0 aliphatic carbocycles. The zero-order valence-electron chi connectivity index (χ0n) is 12.3. The van der Waals surface area contributed by atoms with Crippen molar-refractivity contribution in [3.8, 4) is 0 Å². The third kappa shape index (κ3) is 4.60. The molecule has 0 amide bonds. The second-order valence-electron chi connectivity index (χ2n) is 4.83. The quantitative estimate of drug-likeness (QED) is 0.355. The maximum absolute atomic E-state index is 11.7. The van der Waals surface area contributed by atoms with Crippen LogP contribution in [0.15, 0.2) is 4.99 Å². The van der Waals surface area contributed by atoms with Gasteiger partial charge in [-0.15, -0.1) is 0 Å². The Morgan fingerprint density at radius 2 is 2.26 bits per heavy atom. The summed E-state index contributed by atoms with van der Waals surface area (Å²) in [5, 5.41) is 3.35. The molecule has 5 nitrogen and oxygen atoms in total. The number of carbonyl (C=O) groups excluding carboxylic acids is 1. The molecule has 0 bridgehead atoms. The highest BCUT2D eigenvalue weighted by Gasteiger charge is 2.36. The van der Waals surface area contributed by atoms with Gasteiger partial charge in [-0.1, -0.05) is 6.92 Å². The van der Waals surface area contributed by atoms with Crippen molar-refractivity contribution in [1.82, 2.24) is 10.2 Å². The molecule has 0 aromatic rings. The first-order chi connectivity index (χ1) is 9.13. The van der Waals surface area contributed by atoms with Gasteiger partial charge in [0, 0.05) is 26.7 Å². The topological polar surface area (TPSA) is 53.9 Å². The Labute approximate surface area is 120 Å². The average molecular weight is 287 g/mol. The molecule has 1 N–H and O–H groups in total. The Morgan fingerprint density at radius 1 is 1.53 bits per heavy atom. The van der Waals surface area contributed by atoms with Crippen LogP contribution in [-0.4, -0.2) is 62.6 Å². The third-order valence-electron chi connectivity index (χ3n) is 3.44. The zero-order chi connectivity index (χ0) is 14.3. The number of guanidine groups is 1. The lowest BCUT2D eigenvalue weighted by molar-refractivity contribution is -0.145. The molecule has 0 aromatic carbocycles. The molecule has 6 heteroatoms. The molecule has 2 unspecified atom stereocenters. The van der Waals surface area contributed by atoms with Crippen LogP contribution in [0.4, 0.5) is 0 Å². The van der Waals surface area contributed by atoms with Gasteiger partial charge in [-0.2, -0.15) is 11.8 Å².